The number of hydrogen-bond acceptors (Lipinski definition) is 7. The van der Waals surface area contributed by atoms with Gasteiger partial charge in [0.25, 0.3) is 0 Å². The van der Waals surface area contributed by atoms with Crippen LogP contribution in [0.3, 0.4) is 0 Å². The fraction of sp³-hybridized carbons (Fsp3) is 0.467. The molecule has 9 nitrogen and oxygen atoms in total. The van der Waals surface area contributed by atoms with Gasteiger partial charge >= 0.3 is 11.9 Å². The molecule has 3 N–H and O–H groups in total. The molecule has 2 aromatic rings. The number of pyridine rings is 1. The Hall–Kier alpha value is -2.84. The highest BCUT2D eigenvalue weighted by Gasteiger charge is 2.28. The minimum absolute atomic E-state index is 0.0875. The zero-order valence-corrected chi connectivity index (χ0v) is 13.3. The van der Waals surface area contributed by atoms with Gasteiger partial charge in [-0.25, -0.2) is 9.31 Å². The summed E-state index contributed by atoms with van der Waals surface area (Å²) in [5.41, 5.74) is 6.64. The highest BCUT2D eigenvalue weighted by atomic mass is 16.5. The van der Waals surface area contributed by atoms with Crippen molar-refractivity contribution in [2.45, 2.75) is 19.8 Å². The third-order valence-electron chi connectivity index (χ3n) is 4.15. The van der Waals surface area contributed by atoms with Gasteiger partial charge in [0.15, 0.2) is 5.65 Å². The van der Waals surface area contributed by atoms with E-state index in [1.165, 1.54) is 10.6 Å². The highest BCUT2D eigenvalue weighted by Crippen LogP contribution is 2.28. The molecule has 0 aliphatic carbocycles. The number of carbonyl (C=O) groups is 2. The lowest BCUT2D eigenvalue weighted by Crippen LogP contribution is -2.37. The standard InChI is InChI=1S/C15H19N5O4/c1-2-24-14(23)9-3-5-19(6-4-9)11-8-20-12(17-15(16)18-20)7-10(11)13(21)22/h7-9H,2-6H2,1H3,(H2,16,18)(H,21,22). The number of carboxylic acids is 1. The van der Waals surface area contributed by atoms with Crippen LogP contribution in [0.1, 0.15) is 30.1 Å². The van der Waals surface area contributed by atoms with Crippen LogP contribution in [0.5, 0.6) is 0 Å². The lowest BCUT2D eigenvalue weighted by atomic mass is 9.96. The first-order chi connectivity index (χ1) is 11.5. The number of esters is 1. The van der Waals surface area contributed by atoms with E-state index in [0.29, 0.717) is 43.9 Å². The molecule has 128 valence electrons. The molecule has 0 atom stereocenters. The molecule has 0 amide bonds. The van der Waals surface area contributed by atoms with Crippen molar-refractivity contribution in [2.24, 2.45) is 5.92 Å². The van der Waals surface area contributed by atoms with Crippen molar-refractivity contribution in [2.75, 3.05) is 30.3 Å². The summed E-state index contributed by atoms with van der Waals surface area (Å²) in [5.74, 6) is -1.28. The van der Waals surface area contributed by atoms with Crippen molar-refractivity contribution in [3.63, 3.8) is 0 Å². The Kier molecular flexibility index (Phi) is 4.24. The molecule has 0 radical (unpaired) electrons. The lowest BCUT2D eigenvalue weighted by molar-refractivity contribution is -0.148. The zero-order chi connectivity index (χ0) is 17.3. The van der Waals surface area contributed by atoms with Gasteiger partial charge in [0.05, 0.1) is 30.0 Å². The molecule has 3 rings (SSSR count). The summed E-state index contributed by atoms with van der Waals surface area (Å²) in [5, 5.41) is 13.5. The SMILES string of the molecule is CCOC(=O)C1CCN(c2cn3nc(N)nc3cc2C(=O)O)CC1. The number of ether oxygens (including phenoxy) is 1. The van der Waals surface area contributed by atoms with Crippen LogP contribution in [0.2, 0.25) is 0 Å². The maximum absolute atomic E-state index is 11.8. The van der Waals surface area contributed by atoms with Crippen LogP contribution < -0.4 is 10.6 Å². The average molecular weight is 333 g/mol. The van der Waals surface area contributed by atoms with Gasteiger partial charge in [0, 0.05) is 13.1 Å². The van der Waals surface area contributed by atoms with Crippen molar-refractivity contribution >= 4 is 29.2 Å². The first-order valence-corrected chi connectivity index (χ1v) is 7.80. The average Bonchev–Trinajstić information content (AvgIpc) is 2.93. The van der Waals surface area contributed by atoms with Gasteiger partial charge < -0.3 is 20.5 Å². The summed E-state index contributed by atoms with van der Waals surface area (Å²) in [6, 6.07) is 1.46. The predicted molar refractivity (Wildman–Crippen MR) is 85.9 cm³/mol. The van der Waals surface area contributed by atoms with Gasteiger partial charge in [-0.05, 0) is 25.8 Å². The monoisotopic (exact) mass is 333 g/mol. The van der Waals surface area contributed by atoms with E-state index in [1.807, 2.05) is 4.90 Å². The molecule has 1 saturated heterocycles. The van der Waals surface area contributed by atoms with E-state index in [9.17, 15) is 14.7 Å². The topological polar surface area (TPSA) is 123 Å². The summed E-state index contributed by atoms with van der Waals surface area (Å²) >= 11 is 0. The van der Waals surface area contributed by atoms with Gasteiger partial charge in [-0.1, -0.05) is 0 Å². The molecule has 1 aliphatic rings. The van der Waals surface area contributed by atoms with Crippen LogP contribution in [-0.2, 0) is 9.53 Å². The molecular weight excluding hydrogens is 314 g/mol. The molecule has 1 fully saturated rings. The minimum atomic E-state index is -1.04. The number of carboxylic acid groups (broad SMARTS) is 1. The van der Waals surface area contributed by atoms with Crippen molar-refractivity contribution in [3.05, 3.63) is 17.8 Å². The first kappa shape index (κ1) is 16.0. The van der Waals surface area contributed by atoms with Crippen LogP contribution >= 0.6 is 0 Å². The number of nitrogens with two attached hydrogens (primary N) is 1. The molecule has 0 unspecified atom stereocenters. The van der Waals surface area contributed by atoms with Crippen LogP contribution in [0.25, 0.3) is 5.65 Å². The second kappa shape index (κ2) is 6.34. The number of rotatable bonds is 4. The van der Waals surface area contributed by atoms with Gasteiger partial charge in [-0.2, -0.15) is 4.98 Å². The van der Waals surface area contributed by atoms with Crippen LogP contribution in [-0.4, -0.2) is 51.3 Å². The van der Waals surface area contributed by atoms with Crippen LogP contribution in [0.15, 0.2) is 12.3 Å². The number of hydrogen-bond donors (Lipinski definition) is 2. The van der Waals surface area contributed by atoms with Crippen molar-refractivity contribution in [1.82, 2.24) is 14.6 Å². The Morgan fingerprint density at radius 3 is 2.75 bits per heavy atom. The van der Waals surface area contributed by atoms with E-state index < -0.39 is 5.97 Å². The smallest absolute Gasteiger partial charge is 0.338 e. The number of anilines is 2. The zero-order valence-electron chi connectivity index (χ0n) is 13.3. The van der Waals surface area contributed by atoms with Crippen LogP contribution in [0.4, 0.5) is 11.6 Å². The number of nitrogens with zero attached hydrogens (tertiary/aromatic N) is 4. The molecule has 0 spiro atoms. The summed E-state index contributed by atoms with van der Waals surface area (Å²) < 4.78 is 6.52. The van der Waals surface area contributed by atoms with E-state index in [4.69, 9.17) is 10.5 Å². The molecule has 0 aromatic carbocycles. The second-order valence-electron chi connectivity index (χ2n) is 5.66. The van der Waals surface area contributed by atoms with Crippen LogP contribution in [0, 0.1) is 5.92 Å². The van der Waals surface area contributed by atoms with E-state index in [-0.39, 0.29) is 23.4 Å². The molecule has 0 saturated carbocycles. The minimum Gasteiger partial charge on any atom is -0.478 e. The van der Waals surface area contributed by atoms with Crippen molar-refractivity contribution in [1.29, 1.82) is 0 Å². The third kappa shape index (κ3) is 2.97. The summed E-state index contributed by atoms with van der Waals surface area (Å²) in [7, 11) is 0. The van der Waals surface area contributed by atoms with Gasteiger partial charge in [-0.15, -0.1) is 5.10 Å². The van der Waals surface area contributed by atoms with Gasteiger partial charge in [0.1, 0.15) is 0 Å². The van der Waals surface area contributed by atoms with E-state index in [1.54, 1.807) is 13.1 Å². The lowest BCUT2D eigenvalue weighted by Gasteiger charge is -2.33. The largest absolute Gasteiger partial charge is 0.478 e. The number of aromatic nitrogens is 3. The summed E-state index contributed by atoms with van der Waals surface area (Å²) in [6.07, 6.45) is 2.86. The Bertz CT molecular complexity index is 780. The molecular formula is C15H19N5O4. The number of aromatic carboxylic acids is 1. The number of piperidine rings is 1. The number of nitrogen functional groups attached to an aromatic ring is 1. The highest BCUT2D eigenvalue weighted by molar-refractivity contribution is 5.95. The predicted octanol–water partition coefficient (Wildman–Crippen LogP) is 0.789. The van der Waals surface area contributed by atoms with E-state index >= 15 is 0 Å². The molecule has 0 bridgehead atoms. The molecule has 3 heterocycles. The second-order valence-corrected chi connectivity index (χ2v) is 5.66. The quantitative estimate of drug-likeness (QED) is 0.787. The Morgan fingerprint density at radius 1 is 1.42 bits per heavy atom. The Labute approximate surface area is 138 Å². The fourth-order valence-electron chi connectivity index (χ4n) is 2.97. The van der Waals surface area contributed by atoms with Gasteiger partial charge in [0.2, 0.25) is 5.95 Å². The fourth-order valence-corrected chi connectivity index (χ4v) is 2.97. The maximum atomic E-state index is 11.8. The van der Waals surface area contributed by atoms with Crippen molar-refractivity contribution < 1.29 is 19.4 Å². The Morgan fingerprint density at radius 2 is 2.12 bits per heavy atom. The third-order valence-corrected chi connectivity index (χ3v) is 4.15. The molecule has 9 heteroatoms. The molecule has 1 aliphatic heterocycles. The van der Waals surface area contributed by atoms with E-state index in [0.717, 1.165) is 0 Å². The normalized spacial score (nSPS) is 15.6. The van der Waals surface area contributed by atoms with Crippen molar-refractivity contribution in [3.8, 4) is 0 Å². The summed E-state index contributed by atoms with van der Waals surface area (Å²) in [4.78, 5) is 29.3. The summed E-state index contributed by atoms with van der Waals surface area (Å²) in [6.45, 7) is 3.29. The first-order valence-electron chi connectivity index (χ1n) is 7.80. The van der Waals surface area contributed by atoms with Gasteiger partial charge in [-0.3, -0.25) is 4.79 Å². The number of carbonyl (C=O) groups excluding carboxylic acids is 1. The molecule has 24 heavy (non-hydrogen) atoms. The maximum Gasteiger partial charge on any atom is 0.338 e. The Balaban J connectivity index is 1.85. The number of fused-ring (bicyclic) bond motifs is 1. The van der Waals surface area contributed by atoms with E-state index in [2.05, 4.69) is 10.1 Å². The molecule has 2 aromatic heterocycles.